The van der Waals surface area contributed by atoms with Gasteiger partial charge in [-0.3, -0.25) is 9.55 Å². The number of aromatic nitrogens is 2. The van der Waals surface area contributed by atoms with Crippen molar-refractivity contribution >= 4 is 21.1 Å². The van der Waals surface area contributed by atoms with Crippen LogP contribution in [-0.4, -0.2) is 36.4 Å². The number of nitrogens with zero attached hydrogens (tertiary/aromatic N) is 3. The molecular formula is C16H17N3O4S. The van der Waals surface area contributed by atoms with Crippen LogP contribution in [0.5, 0.6) is 0 Å². The summed E-state index contributed by atoms with van der Waals surface area (Å²) in [6.45, 7) is 1.86. The molecule has 126 valence electrons. The summed E-state index contributed by atoms with van der Waals surface area (Å²) in [5, 5.41) is 0. The molecule has 0 aliphatic heterocycles. The average Bonchev–Trinajstić information content (AvgIpc) is 2.89. The van der Waals surface area contributed by atoms with E-state index in [0.717, 1.165) is 9.87 Å². The van der Waals surface area contributed by atoms with Crippen molar-refractivity contribution in [2.45, 2.75) is 17.9 Å². The Kier molecular flexibility index (Phi) is 4.02. The number of benzene rings is 1. The SMILES string of the molecule is CC(c1cccnc1)n1c(=O)oc2cc(S(=O)(=O)N(C)C)ccc21. The van der Waals surface area contributed by atoms with Gasteiger partial charge in [0, 0.05) is 32.6 Å². The second kappa shape index (κ2) is 5.88. The van der Waals surface area contributed by atoms with Crippen molar-refractivity contribution in [2.24, 2.45) is 0 Å². The maximum atomic E-state index is 12.3. The van der Waals surface area contributed by atoms with Crippen LogP contribution in [0.2, 0.25) is 0 Å². The summed E-state index contributed by atoms with van der Waals surface area (Å²) in [6.07, 6.45) is 3.34. The van der Waals surface area contributed by atoms with Crippen molar-refractivity contribution in [1.82, 2.24) is 13.9 Å². The number of oxazole rings is 1. The third-order valence-corrected chi connectivity index (χ3v) is 5.73. The summed E-state index contributed by atoms with van der Waals surface area (Å²) >= 11 is 0. The van der Waals surface area contributed by atoms with E-state index in [-0.39, 0.29) is 16.5 Å². The molecule has 3 aromatic rings. The molecule has 0 amide bonds. The van der Waals surface area contributed by atoms with E-state index in [1.807, 2.05) is 13.0 Å². The zero-order valence-corrected chi connectivity index (χ0v) is 14.3. The second-order valence-electron chi connectivity index (χ2n) is 5.62. The third kappa shape index (κ3) is 2.63. The minimum absolute atomic E-state index is 0.0786. The normalized spacial score (nSPS) is 13.5. The van der Waals surface area contributed by atoms with Gasteiger partial charge in [0.25, 0.3) is 0 Å². The van der Waals surface area contributed by atoms with Crippen LogP contribution in [0, 0.1) is 0 Å². The van der Waals surface area contributed by atoms with Gasteiger partial charge in [0.1, 0.15) is 0 Å². The lowest BCUT2D eigenvalue weighted by Gasteiger charge is -2.13. The van der Waals surface area contributed by atoms with Crippen molar-refractivity contribution in [3.05, 3.63) is 58.8 Å². The molecule has 0 saturated carbocycles. The molecule has 1 unspecified atom stereocenters. The van der Waals surface area contributed by atoms with Crippen molar-refractivity contribution in [3.63, 3.8) is 0 Å². The standard InChI is InChI=1S/C16H17N3O4S/c1-11(12-5-4-8-17-10-12)19-14-7-6-13(24(21,22)18(2)3)9-15(14)23-16(19)20/h4-11H,1-3H3. The fourth-order valence-corrected chi connectivity index (χ4v) is 3.44. The van der Waals surface area contributed by atoms with Crippen LogP contribution in [0.4, 0.5) is 0 Å². The topological polar surface area (TPSA) is 85.4 Å². The Balaban J connectivity index is 2.16. The van der Waals surface area contributed by atoms with Crippen molar-refractivity contribution in [2.75, 3.05) is 14.1 Å². The van der Waals surface area contributed by atoms with Gasteiger partial charge in [0.2, 0.25) is 10.0 Å². The summed E-state index contributed by atoms with van der Waals surface area (Å²) in [5.74, 6) is -0.541. The first-order valence-corrected chi connectivity index (χ1v) is 8.74. The smallest absolute Gasteiger partial charge is 0.408 e. The first kappa shape index (κ1) is 16.4. The minimum Gasteiger partial charge on any atom is -0.408 e. The number of hydrogen-bond acceptors (Lipinski definition) is 5. The molecule has 3 rings (SSSR count). The second-order valence-corrected chi connectivity index (χ2v) is 7.77. The van der Waals surface area contributed by atoms with Gasteiger partial charge in [-0.2, -0.15) is 0 Å². The average molecular weight is 347 g/mol. The van der Waals surface area contributed by atoms with Gasteiger partial charge in [0.15, 0.2) is 5.58 Å². The van der Waals surface area contributed by atoms with Crippen LogP contribution in [-0.2, 0) is 10.0 Å². The van der Waals surface area contributed by atoms with Crippen molar-refractivity contribution in [3.8, 4) is 0 Å². The first-order valence-electron chi connectivity index (χ1n) is 7.30. The van der Waals surface area contributed by atoms with E-state index in [1.54, 1.807) is 24.5 Å². The Hall–Kier alpha value is -2.45. The van der Waals surface area contributed by atoms with Gasteiger partial charge in [-0.1, -0.05) is 6.07 Å². The van der Waals surface area contributed by atoms with Gasteiger partial charge < -0.3 is 4.42 Å². The molecule has 0 bridgehead atoms. The summed E-state index contributed by atoms with van der Waals surface area (Å²) in [7, 11) is -0.693. The highest BCUT2D eigenvalue weighted by atomic mass is 32.2. The van der Waals surface area contributed by atoms with Gasteiger partial charge in [-0.25, -0.2) is 17.5 Å². The molecule has 2 heterocycles. The van der Waals surface area contributed by atoms with Gasteiger partial charge >= 0.3 is 5.76 Å². The van der Waals surface area contributed by atoms with E-state index in [1.165, 1.54) is 30.8 Å². The number of sulfonamides is 1. The molecule has 0 spiro atoms. The summed E-state index contributed by atoms with van der Waals surface area (Å²) in [6, 6.07) is 7.80. The summed E-state index contributed by atoms with van der Waals surface area (Å²) < 4.78 is 32.3. The highest BCUT2D eigenvalue weighted by Gasteiger charge is 2.21. The van der Waals surface area contributed by atoms with E-state index >= 15 is 0 Å². The van der Waals surface area contributed by atoms with Gasteiger partial charge in [0.05, 0.1) is 16.5 Å². The van der Waals surface area contributed by atoms with Crippen molar-refractivity contribution < 1.29 is 12.8 Å². The number of fused-ring (bicyclic) bond motifs is 1. The molecule has 1 atom stereocenters. The van der Waals surface area contributed by atoms with Crippen LogP contribution >= 0.6 is 0 Å². The van der Waals surface area contributed by atoms with Crippen LogP contribution in [0.1, 0.15) is 18.5 Å². The summed E-state index contributed by atoms with van der Waals surface area (Å²) in [4.78, 5) is 16.4. The predicted molar refractivity (Wildman–Crippen MR) is 89.4 cm³/mol. The zero-order valence-electron chi connectivity index (χ0n) is 13.5. The Labute approximate surface area is 139 Å². The molecule has 0 radical (unpaired) electrons. The zero-order chi connectivity index (χ0) is 17.5. The van der Waals surface area contributed by atoms with Crippen LogP contribution in [0.3, 0.4) is 0 Å². The minimum atomic E-state index is -3.59. The van der Waals surface area contributed by atoms with Crippen LogP contribution in [0.25, 0.3) is 11.1 Å². The largest absolute Gasteiger partial charge is 0.420 e. The number of hydrogen-bond donors (Lipinski definition) is 0. The highest BCUT2D eigenvalue weighted by molar-refractivity contribution is 7.89. The third-order valence-electron chi connectivity index (χ3n) is 3.92. The summed E-state index contributed by atoms with van der Waals surface area (Å²) in [5.41, 5.74) is 1.63. The Morgan fingerprint density at radius 3 is 2.62 bits per heavy atom. The monoisotopic (exact) mass is 347 g/mol. The predicted octanol–water partition coefficient (Wildman–Crippen LogP) is 1.85. The Bertz CT molecular complexity index is 1040. The van der Waals surface area contributed by atoms with E-state index < -0.39 is 15.8 Å². The van der Waals surface area contributed by atoms with E-state index in [0.29, 0.717) is 5.52 Å². The lowest BCUT2D eigenvalue weighted by Crippen LogP contribution is -2.22. The number of rotatable bonds is 4. The molecule has 1 aromatic carbocycles. The molecule has 2 aromatic heterocycles. The Morgan fingerprint density at radius 1 is 1.25 bits per heavy atom. The number of pyridine rings is 1. The van der Waals surface area contributed by atoms with E-state index in [9.17, 15) is 13.2 Å². The molecule has 0 aliphatic rings. The molecule has 0 fully saturated rings. The van der Waals surface area contributed by atoms with Crippen LogP contribution < -0.4 is 5.76 Å². The highest BCUT2D eigenvalue weighted by Crippen LogP contribution is 2.24. The molecule has 8 heteroatoms. The molecule has 7 nitrogen and oxygen atoms in total. The molecule has 24 heavy (non-hydrogen) atoms. The fraction of sp³-hybridized carbons (Fsp3) is 0.250. The molecule has 0 N–H and O–H groups in total. The first-order chi connectivity index (χ1) is 11.3. The van der Waals surface area contributed by atoms with Gasteiger partial charge in [-0.15, -0.1) is 0 Å². The van der Waals surface area contributed by atoms with Crippen molar-refractivity contribution in [1.29, 1.82) is 0 Å². The fourth-order valence-electron chi connectivity index (χ4n) is 2.53. The quantitative estimate of drug-likeness (QED) is 0.719. The maximum Gasteiger partial charge on any atom is 0.420 e. The lowest BCUT2D eigenvalue weighted by molar-refractivity contribution is 0.488. The van der Waals surface area contributed by atoms with E-state index in [2.05, 4.69) is 4.98 Å². The Morgan fingerprint density at radius 2 is 2.00 bits per heavy atom. The molecule has 0 aliphatic carbocycles. The molecular weight excluding hydrogens is 330 g/mol. The maximum absolute atomic E-state index is 12.3. The lowest BCUT2D eigenvalue weighted by atomic mass is 10.1. The van der Waals surface area contributed by atoms with Crippen LogP contribution in [0.15, 0.2) is 56.8 Å². The van der Waals surface area contributed by atoms with Gasteiger partial charge in [-0.05, 0) is 30.7 Å². The molecule has 0 saturated heterocycles. The van der Waals surface area contributed by atoms with E-state index in [4.69, 9.17) is 4.42 Å².